The SMILES string of the molecule is C=C([C@H](C)c1ncc(Cl)cn1)S(=O)(=O)Nc1nnc(-c2cccc(OC)n2)n1C1CCOCC1. The first-order chi connectivity index (χ1) is 16.3. The number of nitrogens with one attached hydrogen (secondary N) is 1. The molecular weight excluding hydrogens is 482 g/mol. The fraction of sp³-hybridized carbons (Fsp3) is 0.381. The Bertz CT molecular complexity index is 1270. The van der Waals surface area contributed by atoms with Gasteiger partial charge in [0.05, 0.1) is 23.0 Å². The van der Waals surface area contributed by atoms with Crippen molar-refractivity contribution in [3.8, 4) is 17.4 Å². The molecule has 0 amide bonds. The number of hydrogen-bond donors (Lipinski definition) is 1. The van der Waals surface area contributed by atoms with Crippen LogP contribution < -0.4 is 9.46 Å². The van der Waals surface area contributed by atoms with Crippen LogP contribution in [0.25, 0.3) is 11.5 Å². The topological polar surface area (TPSA) is 134 Å². The number of halogens is 1. The number of anilines is 1. The van der Waals surface area contributed by atoms with E-state index in [1.54, 1.807) is 29.7 Å². The number of rotatable bonds is 8. The Balaban J connectivity index is 1.68. The monoisotopic (exact) mass is 505 g/mol. The van der Waals surface area contributed by atoms with Crippen molar-refractivity contribution in [3.63, 3.8) is 0 Å². The highest BCUT2D eigenvalue weighted by Gasteiger charge is 2.30. The van der Waals surface area contributed by atoms with Gasteiger partial charge in [0.2, 0.25) is 11.8 Å². The van der Waals surface area contributed by atoms with Gasteiger partial charge in [0.25, 0.3) is 10.0 Å². The molecule has 1 atom stereocenters. The normalized spacial score (nSPS) is 15.6. The Kier molecular flexibility index (Phi) is 7.10. The summed E-state index contributed by atoms with van der Waals surface area (Å²) in [5.74, 6) is 0.493. The fourth-order valence-corrected chi connectivity index (χ4v) is 4.77. The van der Waals surface area contributed by atoms with Crippen LogP contribution in [0, 0.1) is 0 Å². The largest absolute Gasteiger partial charge is 0.481 e. The maximum absolute atomic E-state index is 13.2. The molecule has 3 aromatic heterocycles. The lowest BCUT2D eigenvalue weighted by Gasteiger charge is -2.26. The van der Waals surface area contributed by atoms with Crippen LogP contribution in [0.15, 0.2) is 42.1 Å². The van der Waals surface area contributed by atoms with Gasteiger partial charge in [0, 0.05) is 37.7 Å². The first-order valence-electron chi connectivity index (χ1n) is 10.5. The summed E-state index contributed by atoms with van der Waals surface area (Å²) in [7, 11) is -2.55. The van der Waals surface area contributed by atoms with Gasteiger partial charge in [-0.3, -0.25) is 4.57 Å². The summed E-state index contributed by atoms with van der Waals surface area (Å²) >= 11 is 5.84. The van der Waals surface area contributed by atoms with Crippen molar-refractivity contribution >= 4 is 27.6 Å². The van der Waals surface area contributed by atoms with E-state index < -0.39 is 15.9 Å². The zero-order valence-electron chi connectivity index (χ0n) is 18.7. The lowest BCUT2D eigenvalue weighted by atomic mass is 10.1. The first kappa shape index (κ1) is 24.0. The maximum Gasteiger partial charge on any atom is 0.260 e. The van der Waals surface area contributed by atoms with Crippen molar-refractivity contribution in [2.45, 2.75) is 31.7 Å². The van der Waals surface area contributed by atoms with Crippen LogP contribution in [0.2, 0.25) is 5.02 Å². The van der Waals surface area contributed by atoms with E-state index in [1.165, 1.54) is 19.5 Å². The zero-order valence-corrected chi connectivity index (χ0v) is 20.3. The standard InChI is InChI=1S/C21H24ClN7O4S/c1-13(19-23-11-15(22)12-24-19)14(2)34(30,31)28-21-27-26-20(17-5-4-6-18(25-17)32-3)29(21)16-7-9-33-10-8-16/h4-6,11-13,16H,2,7-10H2,1,3H3,(H,27,28)/t13-/m0/s1. The molecule has 13 heteroatoms. The second kappa shape index (κ2) is 10.0. The molecule has 0 bridgehead atoms. The lowest BCUT2D eigenvalue weighted by Crippen LogP contribution is -2.25. The molecule has 180 valence electrons. The minimum Gasteiger partial charge on any atom is -0.481 e. The van der Waals surface area contributed by atoms with E-state index in [0.29, 0.717) is 48.5 Å². The minimum atomic E-state index is -4.07. The number of sulfonamides is 1. The summed E-state index contributed by atoms with van der Waals surface area (Å²) in [6.07, 6.45) is 4.14. The number of methoxy groups -OCH3 is 1. The molecule has 1 aliphatic rings. The molecule has 1 saturated heterocycles. The smallest absolute Gasteiger partial charge is 0.260 e. The summed E-state index contributed by atoms with van der Waals surface area (Å²) < 4.78 is 41.5. The van der Waals surface area contributed by atoms with Gasteiger partial charge in [-0.15, -0.1) is 10.2 Å². The summed E-state index contributed by atoms with van der Waals surface area (Å²) in [4.78, 5) is 12.5. The first-order valence-corrected chi connectivity index (χ1v) is 12.4. The van der Waals surface area contributed by atoms with Gasteiger partial charge in [-0.2, -0.15) is 0 Å². The Labute approximate surface area is 202 Å². The molecule has 4 heterocycles. The molecule has 0 aromatic carbocycles. The van der Waals surface area contributed by atoms with Gasteiger partial charge in [0.1, 0.15) is 11.5 Å². The van der Waals surface area contributed by atoms with Crippen molar-refractivity contribution < 1.29 is 17.9 Å². The fourth-order valence-electron chi connectivity index (χ4n) is 3.59. The molecule has 0 unspecified atom stereocenters. The maximum atomic E-state index is 13.2. The number of hydrogen-bond acceptors (Lipinski definition) is 9. The average Bonchev–Trinajstić information content (AvgIpc) is 3.27. The van der Waals surface area contributed by atoms with Crippen molar-refractivity contribution in [3.05, 3.63) is 52.9 Å². The van der Waals surface area contributed by atoms with Gasteiger partial charge in [0.15, 0.2) is 5.82 Å². The Hall–Kier alpha value is -3.09. The lowest BCUT2D eigenvalue weighted by molar-refractivity contribution is 0.0704. The molecular formula is C21H24ClN7O4S. The van der Waals surface area contributed by atoms with E-state index in [9.17, 15) is 8.42 Å². The van der Waals surface area contributed by atoms with Gasteiger partial charge < -0.3 is 9.47 Å². The third-order valence-electron chi connectivity index (χ3n) is 5.49. The van der Waals surface area contributed by atoms with Crippen LogP contribution in [-0.4, -0.2) is 58.5 Å². The van der Waals surface area contributed by atoms with Crippen LogP contribution in [0.4, 0.5) is 5.95 Å². The number of allylic oxidation sites excluding steroid dienone is 1. The molecule has 1 fully saturated rings. The summed E-state index contributed by atoms with van der Waals surface area (Å²) in [5, 5.41) is 8.75. The van der Waals surface area contributed by atoms with Crippen molar-refractivity contribution in [2.75, 3.05) is 25.0 Å². The minimum absolute atomic E-state index is 0.0666. The van der Waals surface area contributed by atoms with Gasteiger partial charge in [-0.1, -0.05) is 31.2 Å². The molecule has 3 aromatic rings. The number of ether oxygens (including phenoxy) is 2. The van der Waals surface area contributed by atoms with E-state index >= 15 is 0 Å². The molecule has 11 nitrogen and oxygen atoms in total. The number of aromatic nitrogens is 6. The van der Waals surface area contributed by atoms with E-state index in [0.717, 1.165) is 0 Å². The van der Waals surface area contributed by atoms with Crippen LogP contribution in [0.1, 0.15) is 37.5 Å². The van der Waals surface area contributed by atoms with E-state index in [2.05, 4.69) is 36.5 Å². The third-order valence-corrected chi connectivity index (χ3v) is 7.19. The van der Waals surface area contributed by atoms with E-state index in [-0.39, 0.29) is 22.7 Å². The van der Waals surface area contributed by atoms with E-state index in [4.69, 9.17) is 21.1 Å². The van der Waals surface area contributed by atoms with Crippen molar-refractivity contribution in [1.82, 2.24) is 29.7 Å². The molecule has 0 saturated carbocycles. The Morgan fingerprint density at radius 2 is 1.97 bits per heavy atom. The number of pyridine rings is 1. The summed E-state index contributed by atoms with van der Waals surface area (Å²) in [6, 6.07) is 5.17. The quantitative estimate of drug-likeness (QED) is 0.489. The van der Waals surface area contributed by atoms with Crippen LogP contribution in [0.3, 0.4) is 0 Å². The molecule has 1 N–H and O–H groups in total. The summed E-state index contributed by atoms with van der Waals surface area (Å²) in [5.41, 5.74) is 0.505. The molecule has 1 aliphatic heterocycles. The average molecular weight is 506 g/mol. The molecule has 0 aliphatic carbocycles. The van der Waals surface area contributed by atoms with Crippen LogP contribution >= 0.6 is 11.6 Å². The molecule has 0 spiro atoms. The summed E-state index contributed by atoms with van der Waals surface area (Å²) in [6.45, 7) is 6.51. The van der Waals surface area contributed by atoms with Crippen LogP contribution in [0.5, 0.6) is 5.88 Å². The molecule has 4 rings (SSSR count). The molecule has 0 radical (unpaired) electrons. The molecule has 34 heavy (non-hydrogen) atoms. The van der Waals surface area contributed by atoms with E-state index in [1.807, 2.05) is 0 Å². The van der Waals surface area contributed by atoms with Crippen LogP contribution in [-0.2, 0) is 14.8 Å². The van der Waals surface area contributed by atoms with Crippen molar-refractivity contribution in [1.29, 1.82) is 0 Å². The highest BCUT2D eigenvalue weighted by atomic mass is 35.5. The Morgan fingerprint density at radius 1 is 1.26 bits per heavy atom. The second-order valence-electron chi connectivity index (χ2n) is 7.68. The van der Waals surface area contributed by atoms with Gasteiger partial charge in [-0.05, 0) is 18.9 Å². The third kappa shape index (κ3) is 5.03. The van der Waals surface area contributed by atoms with Gasteiger partial charge in [-0.25, -0.2) is 28.1 Å². The zero-order chi connectivity index (χ0) is 24.3. The highest BCUT2D eigenvalue weighted by molar-refractivity contribution is 7.96. The predicted octanol–water partition coefficient (Wildman–Crippen LogP) is 3.20. The van der Waals surface area contributed by atoms with Gasteiger partial charge >= 0.3 is 0 Å². The Morgan fingerprint density at radius 3 is 2.65 bits per heavy atom. The highest BCUT2D eigenvalue weighted by Crippen LogP contribution is 2.32. The van der Waals surface area contributed by atoms with Crippen molar-refractivity contribution in [2.24, 2.45) is 0 Å². The predicted molar refractivity (Wildman–Crippen MR) is 126 cm³/mol. The number of nitrogens with zero attached hydrogens (tertiary/aromatic N) is 6. The second-order valence-corrected chi connectivity index (χ2v) is 9.85.